The van der Waals surface area contributed by atoms with E-state index in [0.717, 1.165) is 47.7 Å². The molecule has 0 saturated carbocycles. The van der Waals surface area contributed by atoms with Crippen molar-refractivity contribution >= 4 is 17.1 Å². The van der Waals surface area contributed by atoms with E-state index in [1.165, 1.54) is 12.8 Å². The molecule has 1 saturated heterocycles. The average molecular weight is 478 g/mol. The lowest BCUT2D eigenvalue weighted by molar-refractivity contribution is 0.0856. The maximum absolute atomic E-state index is 12.9. The van der Waals surface area contributed by atoms with Crippen molar-refractivity contribution in [1.29, 1.82) is 0 Å². The molecule has 0 unspecified atom stereocenters. The Morgan fingerprint density at radius 1 is 1.14 bits per heavy atom. The minimum Gasteiger partial charge on any atom is -0.497 e. The van der Waals surface area contributed by atoms with Crippen molar-refractivity contribution in [2.24, 2.45) is 5.92 Å². The highest BCUT2D eigenvalue weighted by Crippen LogP contribution is 2.25. The monoisotopic (exact) mass is 477 g/mol. The lowest BCUT2D eigenvalue weighted by atomic mass is 9.91. The summed E-state index contributed by atoms with van der Waals surface area (Å²) in [5.74, 6) is 2.24. The van der Waals surface area contributed by atoms with Crippen LogP contribution in [0, 0.1) is 5.92 Å². The number of imidazole rings is 1. The summed E-state index contributed by atoms with van der Waals surface area (Å²) in [5.41, 5.74) is 3.19. The molecule has 4 rings (SSSR count). The van der Waals surface area contributed by atoms with E-state index in [2.05, 4.69) is 41.3 Å². The summed E-state index contributed by atoms with van der Waals surface area (Å²) >= 11 is 0. The number of amides is 2. The van der Waals surface area contributed by atoms with Gasteiger partial charge in [0.2, 0.25) is 0 Å². The Hall–Kier alpha value is -3.06. The van der Waals surface area contributed by atoms with E-state index < -0.39 is 0 Å². The third-order valence-electron chi connectivity index (χ3n) is 7.04. The zero-order valence-electron chi connectivity index (χ0n) is 21.4. The summed E-state index contributed by atoms with van der Waals surface area (Å²) in [6.07, 6.45) is 4.03. The number of rotatable bonds is 8. The fraction of sp³-hybridized carbons (Fsp3) is 0.500. The number of carbonyl (C=O) groups excluding carboxylic acids is 1. The van der Waals surface area contributed by atoms with Gasteiger partial charge in [0.15, 0.2) is 0 Å². The van der Waals surface area contributed by atoms with E-state index in [1.54, 1.807) is 7.11 Å². The smallest absolute Gasteiger partial charge is 0.315 e. The molecular formula is C28H39N5O2. The molecule has 2 heterocycles. The number of likely N-dealkylation sites (tertiary alicyclic amines) is 1. The van der Waals surface area contributed by atoms with Gasteiger partial charge in [-0.15, -0.1) is 0 Å². The number of nitrogens with zero attached hydrogens (tertiary/aromatic N) is 2. The lowest BCUT2D eigenvalue weighted by Gasteiger charge is -2.41. The van der Waals surface area contributed by atoms with Crippen LogP contribution in [-0.2, 0) is 6.42 Å². The number of carbonyl (C=O) groups is 1. The van der Waals surface area contributed by atoms with E-state index in [-0.39, 0.29) is 17.6 Å². The van der Waals surface area contributed by atoms with Crippen molar-refractivity contribution in [3.8, 4) is 5.75 Å². The van der Waals surface area contributed by atoms with Crippen LogP contribution in [0.4, 0.5) is 4.79 Å². The van der Waals surface area contributed by atoms with E-state index >= 15 is 0 Å². The largest absolute Gasteiger partial charge is 0.497 e. The van der Waals surface area contributed by atoms with Crippen molar-refractivity contribution in [2.75, 3.05) is 26.7 Å². The number of ether oxygens (including phenoxy) is 1. The van der Waals surface area contributed by atoms with Crippen molar-refractivity contribution in [2.45, 2.75) is 58.0 Å². The maximum Gasteiger partial charge on any atom is 0.315 e. The van der Waals surface area contributed by atoms with Gasteiger partial charge in [0.1, 0.15) is 11.6 Å². The predicted octanol–water partition coefficient (Wildman–Crippen LogP) is 5.06. The summed E-state index contributed by atoms with van der Waals surface area (Å²) in [4.78, 5) is 23.6. The first-order chi connectivity index (χ1) is 16.8. The maximum atomic E-state index is 12.9. The molecule has 7 nitrogen and oxygen atoms in total. The molecule has 1 aromatic heterocycles. The number of H-pyrrole nitrogens is 1. The first-order valence-electron chi connectivity index (χ1n) is 12.7. The normalized spacial score (nSPS) is 16.2. The van der Waals surface area contributed by atoms with Crippen molar-refractivity contribution in [3.63, 3.8) is 0 Å². The Morgan fingerprint density at radius 2 is 1.86 bits per heavy atom. The van der Waals surface area contributed by atoms with Crippen LogP contribution in [0.3, 0.4) is 0 Å². The van der Waals surface area contributed by atoms with Gasteiger partial charge in [0.05, 0.1) is 24.2 Å². The Balaban J connectivity index is 1.35. The number of para-hydroxylation sites is 2. The third-order valence-corrected chi connectivity index (χ3v) is 7.04. The van der Waals surface area contributed by atoms with E-state index in [0.29, 0.717) is 18.9 Å². The SMILES string of the molecule is COc1ccc(C[C@@H](NC(=O)NCCC2CCN(C(C)(C)C)CC2)c2nc3ccccc3[nH]2)cc1. The first-order valence-corrected chi connectivity index (χ1v) is 12.7. The van der Waals surface area contributed by atoms with Gasteiger partial charge in [-0.3, -0.25) is 4.90 Å². The molecule has 1 atom stereocenters. The molecule has 1 fully saturated rings. The van der Waals surface area contributed by atoms with Gasteiger partial charge in [0.25, 0.3) is 0 Å². The van der Waals surface area contributed by atoms with Gasteiger partial charge < -0.3 is 20.4 Å². The molecule has 2 aromatic carbocycles. The van der Waals surface area contributed by atoms with Gasteiger partial charge in [0, 0.05) is 12.1 Å². The van der Waals surface area contributed by atoms with Crippen LogP contribution in [0.1, 0.15) is 57.5 Å². The number of benzene rings is 2. The summed E-state index contributed by atoms with van der Waals surface area (Å²) in [6.45, 7) is 9.80. The van der Waals surface area contributed by atoms with Crippen molar-refractivity contribution < 1.29 is 9.53 Å². The number of nitrogens with one attached hydrogen (secondary N) is 3. The van der Waals surface area contributed by atoms with Gasteiger partial charge in [-0.1, -0.05) is 24.3 Å². The molecule has 1 aliphatic heterocycles. The molecule has 188 valence electrons. The minimum atomic E-state index is -0.272. The zero-order chi connectivity index (χ0) is 24.8. The second-order valence-electron chi connectivity index (χ2n) is 10.5. The van der Waals surface area contributed by atoms with Gasteiger partial charge in [-0.05, 0) is 95.3 Å². The van der Waals surface area contributed by atoms with E-state index in [4.69, 9.17) is 9.72 Å². The number of hydrogen-bond acceptors (Lipinski definition) is 4. The first kappa shape index (κ1) is 25.0. The van der Waals surface area contributed by atoms with Crippen LogP contribution in [0.2, 0.25) is 0 Å². The highest BCUT2D eigenvalue weighted by Gasteiger charge is 2.27. The second kappa shape index (κ2) is 11.1. The second-order valence-corrected chi connectivity index (χ2v) is 10.5. The molecule has 0 bridgehead atoms. The summed E-state index contributed by atoms with van der Waals surface area (Å²) < 4.78 is 5.28. The van der Waals surface area contributed by atoms with Crippen LogP contribution in [0.25, 0.3) is 11.0 Å². The summed E-state index contributed by atoms with van der Waals surface area (Å²) in [7, 11) is 1.66. The van der Waals surface area contributed by atoms with Crippen molar-refractivity contribution in [3.05, 3.63) is 59.9 Å². The van der Waals surface area contributed by atoms with Crippen LogP contribution in [0.15, 0.2) is 48.5 Å². The number of urea groups is 1. The van der Waals surface area contributed by atoms with Gasteiger partial charge in [-0.25, -0.2) is 9.78 Å². The quantitative estimate of drug-likeness (QED) is 0.424. The van der Waals surface area contributed by atoms with Crippen LogP contribution < -0.4 is 15.4 Å². The number of aromatic nitrogens is 2. The molecule has 35 heavy (non-hydrogen) atoms. The predicted molar refractivity (Wildman–Crippen MR) is 141 cm³/mol. The number of hydrogen-bond donors (Lipinski definition) is 3. The average Bonchev–Trinajstić information content (AvgIpc) is 3.28. The van der Waals surface area contributed by atoms with Gasteiger partial charge in [-0.2, -0.15) is 0 Å². The van der Waals surface area contributed by atoms with E-state index in [9.17, 15) is 4.79 Å². The zero-order valence-corrected chi connectivity index (χ0v) is 21.4. The topological polar surface area (TPSA) is 82.3 Å². The summed E-state index contributed by atoms with van der Waals surface area (Å²) in [6, 6.07) is 15.4. The third kappa shape index (κ3) is 6.75. The Labute approximate surface area is 208 Å². The molecule has 3 N–H and O–H groups in total. The minimum absolute atomic E-state index is 0.156. The number of aromatic amines is 1. The molecule has 3 aromatic rings. The summed E-state index contributed by atoms with van der Waals surface area (Å²) in [5, 5.41) is 6.24. The van der Waals surface area contributed by atoms with Gasteiger partial charge >= 0.3 is 6.03 Å². The van der Waals surface area contributed by atoms with Crippen LogP contribution in [-0.4, -0.2) is 53.2 Å². The number of fused-ring (bicyclic) bond motifs is 1. The lowest BCUT2D eigenvalue weighted by Crippen LogP contribution is -2.46. The number of piperidine rings is 1. The molecule has 0 spiro atoms. The Kier molecular flexibility index (Phi) is 7.96. The van der Waals surface area contributed by atoms with Crippen LogP contribution >= 0.6 is 0 Å². The molecule has 0 radical (unpaired) electrons. The van der Waals surface area contributed by atoms with Crippen molar-refractivity contribution in [1.82, 2.24) is 25.5 Å². The standard InChI is InChI=1S/C28H39N5O2/c1-28(2,3)33-17-14-20(15-18-33)13-16-29-27(34)32-25(19-21-9-11-22(35-4)12-10-21)26-30-23-7-5-6-8-24(23)31-26/h5-12,20,25H,13-19H2,1-4H3,(H,30,31)(H2,29,32,34)/t25-/m1/s1. The highest BCUT2D eigenvalue weighted by atomic mass is 16.5. The molecule has 1 aliphatic rings. The Bertz CT molecular complexity index is 1060. The molecule has 7 heteroatoms. The highest BCUT2D eigenvalue weighted by molar-refractivity contribution is 5.76. The molecular weight excluding hydrogens is 438 g/mol. The fourth-order valence-corrected chi connectivity index (χ4v) is 4.84. The van der Waals surface area contributed by atoms with E-state index in [1.807, 2.05) is 48.5 Å². The molecule has 2 amide bonds. The fourth-order valence-electron chi connectivity index (χ4n) is 4.84. The van der Waals surface area contributed by atoms with Crippen LogP contribution in [0.5, 0.6) is 5.75 Å². The number of methoxy groups -OCH3 is 1. The Morgan fingerprint density at radius 3 is 2.51 bits per heavy atom. The molecule has 0 aliphatic carbocycles.